The molecule has 2 aromatic heterocycles. The number of halogens is 1. The summed E-state index contributed by atoms with van der Waals surface area (Å²) >= 11 is 3.45. The van der Waals surface area contributed by atoms with E-state index in [1.54, 1.807) is 0 Å². The van der Waals surface area contributed by atoms with Crippen molar-refractivity contribution in [3.63, 3.8) is 0 Å². The Kier molecular flexibility index (Phi) is 4.05. The second-order valence-electron chi connectivity index (χ2n) is 5.37. The molecular formula is C15H18BrN3O. The van der Waals surface area contributed by atoms with Gasteiger partial charge in [0.05, 0.1) is 5.69 Å². The first kappa shape index (κ1) is 13.6. The lowest BCUT2D eigenvalue weighted by Gasteiger charge is -2.09. The van der Waals surface area contributed by atoms with Crippen molar-refractivity contribution in [3.8, 4) is 0 Å². The topological polar surface area (TPSA) is 46.4 Å². The molecule has 1 aliphatic rings. The van der Waals surface area contributed by atoms with Crippen molar-refractivity contribution >= 4 is 27.5 Å². The second-order valence-corrected chi connectivity index (χ2v) is 6.28. The fourth-order valence-electron chi connectivity index (χ4n) is 2.78. The highest BCUT2D eigenvalue weighted by molar-refractivity contribution is 9.10. The van der Waals surface area contributed by atoms with Gasteiger partial charge in [0.1, 0.15) is 5.65 Å². The van der Waals surface area contributed by atoms with E-state index in [0.717, 1.165) is 35.1 Å². The van der Waals surface area contributed by atoms with Gasteiger partial charge in [0.15, 0.2) is 0 Å². The van der Waals surface area contributed by atoms with E-state index in [1.165, 1.54) is 12.8 Å². The standard InChI is InChI=1S/C15H18BrN3O/c16-12-5-6-14-18-13(10-19(14)9-12)7-8-17-15(20)11-3-1-2-4-11/h5-6,9-11H,1-4,7-8H2,(H,17,20). The molecule has 0 atom stereocenters. The zero-order valence-corrected chi connectivity index (χ0v) is 12.9. The number of rotatable bonds is 4. The Bertz CT molecular complexity index is 617. The molecule has 2 aromatic rings. The summed E-state index contributed by atoms with van der Waals surface area (Å²) in [6.07, 6.45) is 9.27. The largest absolute Gasteiger partial charge is 0.355 e. The number of pyridine rings is 1. The van der Waals surface area contributed by atoms with Gasteiger partial charge in [0, 0.05) is 35.7 Å². The molecule has 2 heterocycles. The van der Waals surface area contributed by atoms with Gasteiger partial charge in [-0.2, -0.15) is 0 Å². The number of hydrogen-bond acceptors (Lipinski definition) is 2. The maximum Gasteiger partial charge on any atom is 0.223 e. The van der Waals surface area contributed by atoms with Crippen LogP contribution < -0.4 is 5.32 Å². The number of aromatic nitrogens is 2. The van der Waals surface area contributed by atoms with E-state index in [2.05, 4.69) is 26.2 Å². The highest BCUT2D eigenvalue weighted by atomic mass is 79.9. The molecule has 1 aliphatic carbocycles. The van der Waals surface area contributed by atoms with Crippen LogP contribution in [0.15, 0.2) is 29.0 Å². The summed E-state index contributed by atoms with van der Waals surface area (Å²) in [6.45, 7) is 0.667. The number of nitrogens with one attached hydrogen (secondary N) is 1. The van der Waals surface area contributed by atoms with Crippen molar-refractivity contribution in [2.45, 2.75) is 32.1 Å². The lowest BCUT2D eigenvalue weighted by molar-refractivity contribution is -0.124. The lowest BCUT2D eigenvalue weighted by Crippen LogP contribution is -2.30. The molecule has 0 unspecified atom stereocenters. The molecule has 1 saturated carbocycles. The van der Waals surface area contributed by atoms with Crippen molar-refractivity contribution in [1.82, 2.24) is 14.7 Å². The number of carbonyl (C=O) groups excluding carboxylic acids is 1. The van der Waals surface area contributed by atoms with E-state index in [4.69, 9.17) is 0 Å². The normalized spacial score (nSPS) is 15.8. The SMILES string of the molecule is O=C(NCCc1cn2cc(Br)ccc2n1)C1CCCC1. The van der Waals surface area contributed by atoms with Gasteiger partial charge in [0.25, 0.3) is 0 Å². The van der Waals surface area contributed by atoms with E-state index >= 15 is 0 Å². The third kappa shape index (κ3) is 3.03. The predicted molar refractivity (Wildman–Crippen MR) is 81.6 cm³/mol. The molecule has 0 spiro atoms. The molecule has 1 amide bonds. The molecular weight excluding hydrogens is 318 g/mol. The number of nitrogens with zero attached hydrogens (tertiary/aromatic N) is 2. The summed E-state index contributed by atoms with van der Waals surface area (Å²) in [4.78, 5) is 16.4. The van der Waals surface area contributed by atoms with E-state index in [1.807, 2.05) is 28.9 Å². The van der Waals surface area contributed by atoms with E-state index in [9.17, 15) is 4.79 Å². The van der Waals surface area contributed by atoms with Gasteiger partial charge in [-0.3, -0.25) is 4.79 Å². The molecule has 1 N–H and O–H groups in total. The summed E-state index contributed by atoms with van der Waals surface area (Å²) in [5.74, 6) is 0.459. The summed E-state index contributed by atoms with van der Waals surface area (Å²) in [5.41, 5.74) is 1.94. The van der Waals surface area contributed by atoms with Crippen LogP contribution in [0.3, 0.4) is 0 Å². The number of carbonyl (C=O) groups is 1. The van der Waals surface area contributed by atoms with Crippen molar-refractivity contribution in [2.24, 2.45) is 5.92 Å². The minimum absolute atomic E-state index is 0.217. The van der Waals surface area contributed by atoms with Crippen LogP contribution in [0.2, 0.25) is 0 Å². The average molecular weight is 336 g/mol. The minimum Gasteiger partial charge on any atom is -0.355 e. The van der Waals surface area contributed by atoms with Crippen LogP contribution in [-0.4, -0.2) is 21.8 Å². The van der Waals surface area contributed by atoms with Crippen molar-refractivity contribution in [1.29, 1.82) is 0 Å². The van der Waals surface area contributed by atoms with Crippen LogP contribution in [-0.2, 0) is 11.2 Å². The zero-order valence-electron chi connectivity index (χ0n) is 11.3. The van der Waals surface area contributed by atoms with Crippen LogP contribution in [0.5, 0.6) is 0 Å². The quantitative estimate of drug-likeness (QED) is 0.933. The molecule has 5 heteroatoms. The van der Waals surface area contributed by atoms with E-state index < -0.39 is 0 Å². The van der Waals surface area contributed by atoms with Gasteiger partial charge < -0.3 is 9.72 Å². The predicted octanol–water partition coefficient (Wildman–Crippen LogP) is 2.95. The molecule has 0 aromatic carbocycles. The molecule has 0 bridgehead atoms. The third-order valence-corrected chi connectivity index (χ3v) is 4.34. The van der Waals surface area contributed by atoms with Crippen LogP contribution in [0.1, 0.15) is 31.4 Å². The molecule has 0 saturated heterocycles. The molecule has 106 valence electrons. The fourth-order valence-corrected chi connectivity index (χ4v) is 3.14. The first-order valence-electron chi connectivity index (χ1n) is 7.13. The van der Waals surface area contributed by atoms with Gasteiger partial charge in [0.2, 0.25) is 5.91 Å². The number of fused-ring (bicyclic) bond motifs is 1. The molecule has 3 rings (SSSR count). The van der Waals surface area contributed by atoms with Crippen molar-refractivity contribution in [2.75, 3.05) is 6.54 Å². The summed E-state index contributed by atoms with van der Waals surface area (Å²) in [7, 11) is 0. The Labute approximate surface area is 126 Å². The first-order chi connectivity index (χ1) is 9.72. The number of amides is 1. The Hall–Kier alpha value is -1.36. The molecule has 4 nitrogen and oxygen atoms in total. The van der Waals surface area contributed by atoms with Crippen LogP contribution in [0.25, 0.3) is 5.65 Å². The van der Waals surface area contributed by atoms with Crippen molar-refractivity contribution in [3.05, 3.63) is 34.7 Å². The Morgan fingerprint density at radius 2 is 2.15 bits per heavy atom. The van der Waals surface area contributed by atoms with Crippen LogP contribution in [0.4, 0.5) is 0 Å². The minimum atomic E-state index is 0.217. The fraction of sp³-hybridized carbons (Fsp3) is 0.467. The summed E-state index contributed by atoms with van der Waals surface area (Å²) < 4.78 is 3.03. The van der Waals surface area contributed by atoms with E-state index in [0.29, 0.717) is 6.54 Å². The maximum absolute atomic E-state index is 11.9. The van der Waals surface area contributed by atoms with Gasteiger partial charge in [-0.05, 0) is 40.9 Å². The highest BCUT2D eigenvalue weighted by Crippen LogP contribution is 2.24. The number of hydrogen-bond donors (Lipinski definition) is 1. The van der Waals surface area contributed by atoms with Crippen molar-refractivity contribution < 1.29 is 4.79 Å². The monoisotopic (exact) mass is 335 g/mol. The molecule has 0 aliphatic heterocycles. The maximum atomic E-state index is 11.9. The summed E-state index contributed by atoms with van der Waals surface area (Å²) in [6, 6.07) is 3.96. The third-order valence-electron chi connectivity index (χ3n) is 3.87. The Morgan fingerprint density at radius 1 is 1.35 bits per heavy atom. The lowest BCUT2D eigenvalue weighted by atomic mass is 10.1. The Morgan fingerprint density at radius 3 is 2.95 bits per heavy atom. The van der Waals surface area contributed by atoms with Gasteiger partial charge in [-0.15, -0.1) is 0 Å². The average Bonchev–Trinajstić information content (AvgIpc) is 3.06. The van der Waals surface area contributed by atoms with E-state index in [-0.39, 0.29) is 11.8 Å². The molecule has 1 fully saturated rings. The second kappa shape index (κ2) is 5.95. The molecule has 0 radical (unpaired) electrons. The van der Waals surface area contributed by atoms with Gasteiger partial charge in [-0.25, -0.2) is 4.98 Å². The first-order valence-corrected chi connectivity index (χ1v) is 7.92. The smallest absolute Gasteiger partial charge is 0.223 e. The zero-order chi connectivity index (χ0) is 13.9. The summed E-state index contributed by atoms with van der Waals surface area (Å²) in [5, 5.41) is 3.03. The van der Waals surface area contributed by atoms with Gasteiger partial charge >= 0.3 is 0 Å². The molecule has 20 heavy (non-hydrogen) atoms. The van der Waals surface area contributed by atoms with Crippen LogP contribution in [0, 0.1) is 5.92 Å². The van der Waals surface area contributed by atoms with Crippen LogP contribution >= 0.6 is 15.9 Å². The number of imidazole rings is 1. The highest BCUT2D eigenvalue weighted by Gasteiger charge is 2.21. The van der Waals surface area contributed by atoms with Gasteiger partial charge in [-0.1, -0.05) is 12.8 Å². The Balaban J connectivity index is 1.55.